The maximum atomic E-state index is 5.12. The van der Waals surface area contributed by atoms with Gasteiger partial charge in [-0.15, -0.1) is 11.3 Å². The van der Waals surface area contributed by atoms with Gasteiger partial charge in [0.25, 0.3) is 0 Å². The number of para-hydroxylation sites is 1. The molecule has 1 saturated heterocycles. The summed E-state index contributed by atoms with van der Waals surface area (Å²) >= 11 is 1.92. The third-order valence-corrected chi connectivity index (χ3v) is 7.52. The average Bonchev–Trinajstić information content (AvgIpc) is 3.11. The summed E-state index contributed by atoms with van der Waals surface area (Å²) in [4.78, 5) is 17.9. The Morgan fingerprint density at radius 2 is 1.72 bits per heavy atom. The highest BCUT2D eigenvalue weighted by Gasteiger charge is 2.28. The van der Waals surface area contributed by atoms with Crippen LogP contribution in [0, 0.1) is 5.92 Å². The van der Waals surface area contributed by atoms with Gasteiger partial charge >= 0.3 is 0 Å². The number of aryl methyl sites for hydroxylation is 1. The molecule has 1 aliphatic carbocycles. The van der Waals surface area contributed by atoms with Gasteiger partial charge < -0.3 is 9.80 Å². The van der Waals surface area contributed by atoms with Crippen LogP contribution in [-0.4, -0.2) is 36.1 Å². The van der Waals surface area contributed by atoms with Crippen LogP contribution in [0.4, 0.5) is 11.5 Å². The van der Waals surface area contributed by atoms with E-state index in [1.807, 2.05) is 11.3 Å². The van der Waals surface area contributed by atoms with E-state index < -0.39 is 0 Å². The highest BCUT2D eigenvalue weighted by atomic mass is 32.1. The molecule has 3 aromatic rings. The molecule has 2 aromatic heterocycles. The number of nitrogens with zero attached hydrogens (tertiary/aromatic N) is 4. The van der Waals surface area contributed by atoms with Crippen LogP contribution in [0.5, 0.6) is 0 Å². The van der Waals surface area contributed by atoms with E-state index in [9.17, 15) is 0 Å². The Balaban J connectivity index is 1.50. The third-order valence-electron chi connectivity index (χ3n) is 6.37. The molecule has 0 N–H and O–H groups in total. The van der Waals surface area contributed by atoms with Gasteiger partial charge in [-0.1, -0.05) is 39.0 Å². The molecule has 1 fully saturated rings. The Morgan fingerprint density at radius 1 is 1.00 bits per heavy atom. The first-order valence-electron chi connectivity index (χ1n) is 11.0. The lowest BCUT2D eigenvalue weighted by atomic mass is 9.89. The molecule has 29 heavy (non-hydrogen) atoms. The molecule has 1 unspecified atom stereocenters. The monoisotopic (exact) mass is 406 g/mol. The van der Waals surface area contributed by atoms with E-state index >= 15 is 0 Å². The first kappa shape index (κ1) is 18.9. The summed E-state index contributed by atoms with van der Waals surface area (Å²) in [6, 6.07) is 10.8. The van der Waals surface area contributed by atoms with E-state index in [-0.39, 0.29) is 0 Å². The van der Waals surface area contributed by atoms with Crippen molar-refractivity contribution in [3.8, 4) is 0 Å². The molecule has 3 heterocycles. The van der Waals surface area contributed by atoms with Crippen LogP contribution >= 0.6 is 11.3 Å². The Labute approximate surface area is 177 Å². The van der Waals surface area contributed by atoms with Crippen molar-refractivity contribution >= 4 is 33.1 Å². The summed E-state index contributed by atoms with van der Waals surface area (Å²) in [6.45, 7) is 10.9. The number of aromatic nitrogens is 2. The summed E-state index contributed by atoms with van der Waals surface area (Å²) in [7, 11) is 0. The fraction of sp³-hybridized carbons (Fsp3) is 0.500. The lowest BCUT2D eigenvalue weighted by molar-refractivity contribution is 0.509. The van der Waals surface area contributed by atoms with Gasteiger partial charge in [-0.2, -0.15) is 0 Å². The minimum Gasteiger partial charge on any atom is -0.368 e. The first-order valence-corrected chi connectivity index (χ1v) is 11.8. The van der Waals surface area contributed by atoms with Crippen LogP contribution < -0.4 is 9.80 Å². The average molecular weight is 407 g/mol. The van der Waals surface area contributed by atoms with E-state index in [4.69, 9.17) is 9.97 Å². The van der Waals surface area contributed by atoms with E-state index in [1.54, 1.807) is 10.4 Å². The Kier molecular flexibility index (Phi) is 4.94. The van der Waals surface area contributed by atoms with Crippen LogP contribution in [0.25, 0.3) is 10.2 Å². The molecule has 5 rings (SSSR count). The summed E-state index contributed by atoms with van der Waals surface area (Å²) < 4.78 is 0. The number of hydrogen-bond acceptors (Lipinski definition) is 5. The van der Waals surface area contributed by atoms with Crippen molar-refractivity contribution in [3.63, 3.8) is 0 Å². The number of hydrogen-bond donors (Lipinski definition) is 0. The van der Waals surface area contributed by atoms with E-state index in [0.717, 1.165) is 37.9 Å². The largest absolute Gasteiger partial charge is 0.368 e. The van der Waals surface area contributed by atoms with Gasteiger partial charge in [0.2, 0.25) is 0 Å². The number of benzene rings is 1. The quantitative estimate of drug-likeness (QED) is 0.593. The smallest absolute Gasteiger partial charge is 0.141 e. The number of fused-ring (bicyclic) bond motifs is 3. The fourth-order valence-electron chi connectivity index (χ4n) is 4.64. The molecule has 1 aromatic carbocycles. The van der Waals surface area contributed by atoms with Crippen molar-refractivity contribution in [1.82, 2.24) is 9.97 Å². The van der Waals surface area contributed by atoms with Crippen molar-refractivity contribution < 1.29 is 0 Å². The van der Waals surface area contributed by atoms with Gasteiger partial charge in [0.05, 0.1) is 5.39 Å². The van der Waals surface area contributed by atoms with Crippen molar-refractivity contribution in [2.75, 3.05) is 36.0 Å². The van der Waals surface area contributed by atoms with Crippen LogP contribution in [0.3, 0.4) is 0 Å². The lowest BCUT2D eigenvalue weighted by Gasteiger charge is -2.37. The van der Waals surface area contributed by atoms with Crippen LogP contribution in [0.1, 0.15) is 49.4 Å². The molecule has 1 aliphatic heterocycles. The van der Waals surface area contributed by atoms with Gasteiger partial charge in [0.15, 0.2) is 0 Å². The van der Waals surface area contributed by atoms with Crippen LogP contribution in [0.15, 0.2) is 30.3 Å². The molecule has 152 valence electrons. The Bertz CT molecular complexity index is 1000. The zero-order valence-corrected chi connectivity index (χ0v) is 18.5. The molecule has 0 bridgehead atoms. The highest BCUT2D eigenvalue weighted by Crippen LogP contribution is 2.41. The Morgan fingerprint density at radius 3 is 2.45 bits per heavy atom. The second kappa shape index (κ2) is 7.60. The van der Waals surface area contributed by atoms with Gasteiger partial charge in [0.1, 0.15) is 16.5 Å². The number of rotatable bonds is 3. The van der Waals surface area contributed by atoms with Crippen LogP contribution in [0.2, 0.25) is 0 Å². The summed E-state index contributed by atoms with van der Waals surface area (Å²) in [5, 5.41) is 1.36. The molecule has 5 heteroatoms. The van der Waals surface area contributed by atoms with Gasteiger partial charge in [-0.3, -0.25) is 0 Å². The van der Waals surface area contributed by atoms with E-state index in [0.29, 0.717) is 5.92 Å². The van der Waals surface area contributed by atoms with E-state index in [1.165, 1.54) is 41.0 Å². The van der Waals surface area contributed by atoms with Crippen molar-refractivity contribution in [2.24, 2.45) is 5.92 Å². The molecular weight excluding hydrogens is 376 g/mol. The lowest BCUT2D eigenvalue weighted by Crippen LogP contribution is -2.47. The van der Waals surface area contributed by atoms with E-state index in [2.05, 4.69) is 60.9 Å². The normalized spacial score (nSPS) is 19.8. The summed E-state index contributed by atoms with van der Waals surface area (Å²) in [6.07, 6.45) is 3.67. The second-order valence-corrected chi connectivity index (χ2v) is 9.99. The summed E-state index contributed by atoms with van der Waals surface area (Å²) in [5.74, 6) is 3.32. The predicted octanol–water partition coefficient (Wildman–Crippen LogP) is 5.27. The minimum absolute atomic E-state index is 0.349. The maximum absolute atomic E-state index is 5.12. The minimum atomic E-state index is 0.349. The highest BCUT2D eigenvalue weighted by molar-refractivity contribution is 7.19. The van der Waals surface area contributed by atoms with Gasteiger partial charge in [-0.25, -0.2) is 9.97 Å². The number of piperazine rings is 1. The number of anilines is 2. The molecule has 1 atom stereocenters. The first-order chi connectivity index (χ1) is 14.1. The van der Waals surface area contributed by atoms with Crippen LogP contribution in [-0.2, 0) is 12.8 Å². The molecule has 0 radical (unpaired) electrons. The maximum Gasteiger partial charge on any atom is 0.141 e. The molecule has 0 amide bonds. The number of thiophene rings is 1. The van der Waals surface area contributed by atoms with Crippen molar-refractivity contribution in [2.45, 2.75) is 46.0 Å². The molecule has 2 aliphatic rings. The zero-order chi connectivity index (χ0) is 20.0. The van der Waals surface area contributed by atoms with Crippen molar-refractivity contribution in [3.05, 3.63) is 46.6 Å². The molecule has 4 nitrogen and oxygen atoms in total. The Hall–Kier alpha value is -2.14. The topological polar surface area (TPSA) is 32.3 Å². The molecule has 0 saturated carbocycles. The molecule has 0 spiro atoms. The standard InChI is InChI=1S/C24H30N4S/c1-16(2)22-25-23(21-19-10-9-17(3)15-20(19)29-24(21)26-22)28-13-11-27(12-14-28)18-7-5-4-6-8-18/h4-8,16-17H,9-15H2,1-3H3. The molecular formula is C24H30N4S. The fourth-order valence-corrected chi connectivity index (χ4v) is 6.03. The SMILES string of the molecule is CC1CCc2c(sc3nc(C(C)C)nc(N4CCN(c5ccccc5)CC4)c23)C1. The van der Waals surface area contributed by atoms with Gasteiger partial charge in [-0.05, 0) is 42.9 Å². The second-order valence-electron chi connectivity index (χ2n) is 8.90. The third kappa shape index (κ3) is 3.50. The predicted molar refractivity (Wildman–Crippen MR) is 124 cm³/mol. The van der Waals surface area contributed by atoms with Crippen molar-refractivity contribution in [1.29, 1.82) is 0 Å². The summed E-state index contributed by atoms with van der Waals surface area (Å²) in [5.41, 5.74) is 2.86. The van der Waals surface area contributed by atoms with Gasteiger partial charge in [0, 0.05) is 42.7 Å². The zero-order valence-electron chi connectivity index (χ0n) is 17.7.